The number of pyridine rings is 1. The van der Waals surface area contributed by atoms with Gasteiger partial charge in [-0.3, -0.25) is 0 Å². The summed E-state index contributed by atoms with van der Waals surface area (Å²) in [5.74, 6) is 1.71. The zero-order chi connectivity index (χ0) is 16.7. The Morgan fingerprint density at radius 1 is 1.17 bits per heavy atom. The maximum absolute atomic E-state index is 8.95. The lowest BCUT2D eigenvalue weighted by atomic mass is 10.2. The maximum Gasteiger partial charge on any atom is 0.126 e. The van der Waals surface area contributed by atoms with Crippen LogP contribution in [0.2, 0.25) is 0 Å². The largest absolute Gasteiger partial charge is 0.491 e. The third kappa shape index (κ3) is 5.45. The van der Waals surface area contributed by atoms with Gasteiger partial charge in [-0.15, -0.1) is 0 Å². The number of nitrogens with zero attached hydrogens (tertiary/aromatic N) is 2. The second-order valence-corrected chi connectivity index (χ2v) is 5.71. The number of aromatic nitrogens is 1. The zero-order valence-corrected chi connectivity index (χ0v) is 14.0. The summed E-state index contributed by atoms with van der Waals surface area (Å²) in [7, 11) is 1.93. The van der Waals surface area contributed by atoms with Crippen LogP contribution >= 0.6 is 0 Å². The fourth-order valence-corrected chi connectivity index (χ4v) is 2.15. The first-order valence-corrected chi connectivity index (χ1v) is 7.86. The SMILES string of the molecule is CC(C)Oc1ccc(CNc2ccc(N(C)CCO)cn2)cc1. The van der Waals surface area contributed by atoms with Crippen molar-refractivity contribution >= 4 is 11.5 Å². The van der Waals surface area contributed by atoms with Crippen LogP contribution in [0.25, 0.3) is 0 Å². The summed E-state index contributed by atoms with van der Waals surface area (Å²) in [4.78, 5) is 6.36. The van der Waals surface area contributed by atoms with Crippen LogP contribution in [-0.4, -0.2) is 36.4 Å². The van der Waals surface area contributed by atoms with Crippen molar-refractivity contribution in [2.24, 2.45) is 0 Å². The molecular formula is C18H25N3O2. The summed E-state index contributed by atoms with van der Waals surface area (Å²) in [6.07, 6.45) is 1.99. The molecule has 0 aliphatic carbocycles. The average Bonchev–Trinajstić information content (AvgIpc) is 2.54. The molecule has 1 heterocycles. The Morgan fingerprint density at radius 2 is 1.91 bits per heavy atom. The van der Waals surface area contributed by atoms with Gasteiger partial charge in [-0.05, 0) is 43.7 Å². The molecule has 0 spiro atoms. The Bertz CT molecular complexity index is 582. The van der Waals surface area contributed by atoms with Crippen LogP contribution in [-0.2, 0) is 6.54 Å². The summed E-state index contributed by atoms with van der Waals surface area (Å²) in [5.41, 5.74) is 2.16. The van der Waals surface area contributed by atoms with Crippen molar-refractivity contribution in [3.63, 3.8) is 0 Å². The van der Waals surface area contributed by atoms with E-state index in [-0.39, 0.29) is 12.7 Å². The predicted molar refractivity (Wildman–Crippen MR) is 94.1 cm³/mol. The van der Waals surface area contributed by atoms with E-state index in [1.165, 1.54) is 5.56 Å². The summed E-state index contributed by atoms with van der Waals surface area (Å²) < 4.78 is 5.63. The predicted octanol–water partition coefficient (Wildman–Crippen LogP) is 2.91. The summed E-state index contributed by atoms with van der Waals surface area (Å²) in [6.45, 7) is 5.47. The molecule has 0 radical (unpaired) electrons. The monoisotopic (exact) mass is 315 g/mol. The second-order valence-electron chi connectivity index (χ2n) is 5.71. The highest BCUT2D eigenvalue weighted by Gasteiger charge is 2.02. The molecule has 0 amide bonds. The van der Waals surface area contributed by atoms with Gasteiger partial charge in [-0.2, -0.15) is 0 Å². The first kappa shape index (κ1) is 17.1. The number of hydrogen-bond donors (Lipinski definition) is 2. The molecule has 5 nitrogen and oxygen atoms in total. The van der Waals surface area contributed by atoms with Gasteiger partial charge in [0.1, 0.15) is 11.6 Å². The molecule has 124 valence electrons. The lowest BCUT2D eigenvalue weighted by Gasteiger charge is -2.17. The van der Waals surface area contributed by atoms with Crippen molar-refractivity contribution in [2.45, 2.75) is 26.5 Å². The van der Waals surface area contributed by atoms with Gasteiger partial charge >= 0.3 is 0 Å². The number of hydrogen-bond acceptors (Lipinski definition) is 5. The van der Waals surface area contributed by atoms with Gasteiger partial charge in [0, 0.05) is 20.1 Å². The molecule has 23 heavy (non-hydrogen) atoms. The molecule has 5 heteroatoms. The number of likely N-dealkylation sites (N-methyl/N-ethyl adjacent to an activating group) is 1. The summed E-state index contributed by atoms with van der Waals surface area (Å²) >= 11 is 0. The van der Waals surface area contributed by atoms with Crippen molar-refractivity contribution in [2.75, 3.05) is 30.4 Å². The van der Waals surface area contributed by atoms with Crippen LogP contribution in [0.3, 0.4) is 0 Å². The lowest BCUT2D eigenvalue weighted by Crippen LogP contribution is -2.21. The van der Waals surface area contributed by atoms with Crippen LogP contribution < -0.4 is 15.0 Å². The van der Waals surface area contributed by atoms with Crippen LogP contribution in [0.1, 0.15) is 19.4 Å². The molecule has 2 N–H and O–H groups in total. The van der Waals surface area contributed by atoms with Crippen molar-refractivity contribution in [1.82, 2.24) is 4.98 Å². The van der Waals surface area contributed by atoms with E-state index in [0.29, 0.717) is 13.1 Å². The van der Waals surface area contributed by atoms with E-state index in [0.717, 1.165) is 17.3 Å². The molecule has 0 unspecified atom stereocenters. The normalized spacial score (nSPS) is 10.7. The molecule has 1 aromatic carbocycles. The minimum absolute atomic E-state index is 0.132. The maximum atomic E-state index is 8.95. The van der Waals surface area contributed by atoms with Gasteiger partial charge in [-0.1, -0.05) is 12.1 Å². The van der Waals surface area contributed by atoms with Crippen LogP contribution in [0, 0.1) is 0 Å². The van der Waals surface area contributed by atoms with E-state index in [4.69, 9.17) is 9.84 Å². The van der Waals surface area contributed by atoms with Crippen LogP contribution in [0.15, 0.2) is 42.6 Å². The molecule has 0 aliphatic rings. The summed E-state index contributed by atoms with van der Waals surface area (Å²) in [6, 6.07) is 12.0. The lowest BCUT2D eigenvalue weighted by molar-refractivity contribution is 0.242. The molecule has 2 aromatic rings. The molecule has 0 aliphatic heterocycles. The van der Waals surface area contributed by atoms with Crippen molar-refractivity contribution in [3.05, 3.63) is 48.2 Å². The number of nitrogens with one attached hydrogen (secondary N) is 1. The highest BCUT2D eigenvalue weighted by Crippen LogP contribution is 2.16. The number of ether oxygens (including phenoxy) is 1. The second kappa shape index (κ2) is 8.39. The Balaban J connectivity index is 1.88. The van der Waals surface area contributed by atoms with Gasteiger partial charge in [0.05, 0.1) is 24.6 Å². The zero-order valence-electron chi connectivity index (χ0n) is 14.0. The van der Waals surface area contributed by atoms with Crippen LogP contribution in [0.5, 0.6) is 5.75 Å². The highest BCUT2D eigenvalue weighted by atomic mass is 16.5. The summed E-state index contributed by atoms with van der Waals surface area (Å²) in [5, 5.41) is 12.2. The van der Waals surface area contributed by atoms with Crippen molar-refractivity contribution in [3.8, 4) is 5.75 Å². The van der Waals surface area contributed by atoms with Gasteiger partial charge < -0.3 is 20.1 Å². The van der Waals surface area contributed by atoms with Crippen LogP contribution in [0.4, 0.5) is 11.5 Å². The van der Waals surface area contributed by atoms with E-state index >= 15 is 0 Å². The first-order chi connectivity index (χ1) is 11.1. The van der Waals surface area contributed by atoms with Gasteiger partial charge in [0.15, 0.2) is 0 Å². The molecule has 0 saturated carbocycles. The quantitative estimate of drug-likeness (QED) is 0.784. The van der Waals surface area contributed by atoms with E-state index < -0.39 is 0 Å². The van der Waals surface area contributed by atoms with Crippen molar-refractivity contribution < 1.29 is 9.84 Å². The van der Waals surface area contributed by atoms with E-state index in [1.807, 2.05) is 62.2 Å². The fraction of sp³-hybridized carbons (Fsp3) is 0.389. The molecule has 0 bridgehead atoms. The Morgan fingerprint density at radius 3 is 2.48 bits per heavy atom. The molecule has 0 saturated heterocycles. The molecule has 0 atom stereocenters. The third-order valence-corrected chi connectivity index (χ3v) is 3.39. The first-order valence-electron chi connectivity index (χ1n) is 7.86. The number of aliphatic hydroxyl groups is 1. The number of benzene rings is 1. The minimum atomic E-state index is 0.132. The van der Waals surface area contributed by atoms with Crippen molar-refractivity contribution in [1.29, 1.82) is 0 Å². The fourth-order valence-electron chi connectivity index (χ4n) is 2.15. The minimum Gasteiger partial charge on any atom is -0.491 e. The third-order valence-electron chi connectivity index (χ3n) is 3.39. The highest BCUT2D eigenvalue weighted by molar-refractivity contribution is 5.49. The molecule has 2 rings (SSSR count). The van der Waals surface area contributed by atoms with E-state index in [1.54, 1.807) is 6.20 Å². The average molecular weight is 315 g/mol. The standard InChI is InChI=1S/C18H25N3O2/c1-14(2)23-17-7-4-15(5-8-17)12-19-18-9-6-16(13-20-18)21(3)10-11-22/h4-9,13-14,22H,10-12H2,1-3H3,(H,19,20). The molecule has 1 aromatic heterocycles. The topological polar surface area (TPSA) is 57.6 Å². The molecular weight excluding hydrogens is 290 g/mol. The van der Waals surface area contributed by atoms with E-state index in [2.05, 4.69) is 10.3 Å². The van der Waals surface area contributed by atoms with E-state index in [9.17, 15) is 0 Å². The Labute approximate surface area is 137 Å². The van der Waals surface area contributed by atoms with Gasteiger partial charge in [0.2, 0.25) is 0 Å². The number of aliphatic hydroxyl groups excluding tert-OH is 1. The Hall–Kier alpha value is -2.27. The molecule has 0 fully saturated rings. The number of rotatable bonds is 8. The Kier molecular flexibility index (Phi) is 6.23. The van der Waals surface area contributed by atoms with Gasteiger partial charge in [-0.25, -0.2) is 4.98 Å². The smallest absolute Gasteiger partial charge is 0.126 e. The van der Waals surface area contributed by atoms with Gasteiger partial charge in [0.25, 0.3) is 0 Å². The number of anilines is 2.